The summed E-state index contributed by atoms with van der Waals surface area (Å²) in [4.78, 5) is 14.3. The van der Waals surface area contributed by atoms with E-state index in [1.165, 1.54) is 11.1 Å². The van der Waals surface area contributed by atoms with Crippen LogP contribution in [0.3, 0.4) is 0 Å². The Bertz CT molecular complexity index is 668. The number of benzene rings is 2. The van der Waals surface area contributed by atoms with E-state index >= 15 is 0 Å². The average Bonchev–Trinajstić information content (AvgIpc) is 2.59. The molecule has 0 saturated carbocycles. The van der Waals surface area contributed by atoms with Gasteiger partial charge in [-0.15, -0.1) is 0 Å². The Kier molecular flexibility index (Phi) is 6.82. The van der Waals surface area contributed by atoms with Gasteiger partial charge in [-0.3, -0.25) is 4.79 Å². The van der Waals surface area contributed by atoms with Crippen molar-refractivity contribution in [3.8, 4) is 5.75 Å². The summed E-state index contributed by atoms with van der Waals surface area (Å²) in [5.74, 6) is 0.892. The van der Waals surface area contributed by atoms with E-state index in [0.717, 1.165) is 17.9 Å². The Morgan fingerprint density at radius 3 is 2.54 bits per heavy atom. The first-order valence-corrected chi connectivity index (χ1v) is 8.19. The lowest BCUT2D eigenvalue weighted by atomic mass is 10.1. The Morgan fingerprint density at radius 1 is 1.08 bits per heavy atom. The van der Waals surface area contributed by atoms with Crippen LogP contribution in [-0.2, 0) is 24.3 Å². The largest absolute Gasteiger partial charge is 0.497 e. The Morgan fingerprint density at radius 2 is 1.83 bits per heavy atom. The van der Waals surface area contributed by atoms with Crippen molar-refractivity contribution in [2.75, 3.05) is 21.2 Å². The quantitative estimate of drug-likeness (QED) is 0.811. The number of hydrogen-bond donors (Lipinski definition) is 1. The molecule has 0 atom stereocenters. The molecule has 0 radical (unpaired) electrons. The van der Waals surface area contributed by atoms with Crippen LogP contribution >= 0.6 is 0 Å². The van der Waals surface area contributed by atoms with E-state index in [9.17, 15) is 4.79 Å². The summed E-state index contributed by atoms with van der Waals surface area (Å²) in [6.45, 7) is 1.44. The van der Waals surface area contributed by atoms with Crippen molar-refractivity contribution in [2.45, 2.75) is 25.9 Å². The topological polar surface area (TPSA) is 41.6 Å². The molecule has 0 saturated heterocycles. The molecule has 0 aliphatic carbocycles. The lowest BCUT2D eigenvalue weighted by Crippen LogP contribution is -2.24. The van der Waals surface area contributed by atoms with Crippen LogP contribution in [0.5, 0.6) is 5.75 Å². The zero-order valence-electron chi connectivity index (χ0n) is 14.7. The number of methoxy groups -OCH3 is 1. The molecule has 4 nitrogen and oxygen atoms in total. The second kappa shape index (κ2) is 9.08. The Labute approximate surface area is 144 Å². The van der Waals surface area contributed by atoms with Gasteiger partial charge in [-0.25, -0.2) is 0 Å². The monoisotopic (exact) mass is 326 g/mol. The van der Waals surface area contributed by atoms with Crippen molar-refractivity contribution < 1.29 is 9.53 Å². The van der Waals surface area contributed by atoms with Gasteiger partial charge in [-0.1, -0.05) is 36.4 Å². The minimum atomic E-state index is 0.0671. The van der Waals surface area contributed by atoms with E-state index in [4.69, 9.17) is 4.74 Å². The SMILES string of the molecule is COc1cccc(CCC(=O)NCc2ccccc2CN(C)C)c1. The number of rotatable bonds is 8. The molecule has 24 heavy (non-hydrogen) atoms. The highest BCUT2D eigenvalue weighted by molar-refractivity contribution is 5.76. The summed E-state index contributed by atoms with van der Waals surface area (Å²) in [6, 6.07) is 16.1. The van der Waals surface area contributed by atoms with Gasteiger partial charge < -0.3 is 15.0 Å². The first-order chi connectivity index (χ1) is 11.6. The van der Waals surface area contributed by atoms with Crippen molar-refractivity contribution in [1.82, 2.24) is 10.2 Å². The van der Waals surface area contributed by atoms with E-state index in [1.807, 2.05) is 50.5 Å². The summed E-state index contributed by atoms with van der Waals surface area (Å²) in [5.41, 5.74) is 3.52. The normalized spacial score (nSPS) is 10.7. The lowest BCUT2D eigenvalue weighted by molar-refractivity contribution is -0.121. The minimum Gasteiger partial charge on any atom is -0.497 e. The van der Waals surface area contributed by atoms with Gasteiger partial charge in [0.15, 0.2) is 0 Å². The van der Waals surface area contributed by atoms with E-state index in [1.54, 1.807) is 7.11 Å². The third-order valence-electron chi connectivity index (χ3n) is 3.86. The second-order valence-electron chi connectivity index (χ2n) is 6.13. The number of ether oxygens (including phenoxy) is 1. The van der Waals surface area contributed by atoms with E-state index in [2.05, 4.69) is 22.3 Å². The van der Waals surface area contributed by atoms with E-state index in [0.29, 0.717) is 19.4 Å². The predicted octanol–water partition coefficient (Wildman–Crippen LogP) is 3.01. The van der Waals surface area contributed by atoms with Crippen molar-refractivity contribution in [1.29, 1.82) is 0 Å². The fourth-order valence-electron chi connectivity index (χ4n) is 2.59. The lowest BCUT2D eigenvalue weighted by Gasteiger charge is -2.14. The van der Waals surface area contributed by atoms with Gasteiger partial charge in [-0.2, -0.15) is 0 Å². The minimum absolute atomic E-state index is 0.0671. The average molecular weight is 326 g/mol. The van der Waals surface area contributed by atoms with Crippen molar-refractivity contribution in [3.05, 3.63) is 65.2 Å². The van der Waals surface area contributed by atoms with Crippen LogP contribution < -0.4 is 10.1 Å². The molecule has 0 spiro atoms. The Balaban J connectivity index is 1.85. The van der Waals surface area contributed by atoms with Gasteiger partial charge in [0.05, 0.1) is 7.11 Å². The van der Waals surface area contributed by atoms with Crippen molar-refractivity contribution in [3.63, 3.8) is 0 Å². The fraction of sp³-hybridized carbons (Fsp3) is 0.350. The van der Waals surface area contributed by atoms with Crippen LogP contribution in [-0.4, -0.2) is 32.0 Å². The van der Waals surface area contributed by atoms with Crippen LogP contribution in [0.2, 0.25) is 0 Å². The molecule has 1 amide bonds. The summed E-state index contributed by atoms with van der Waals surface area (Å²) >= 11 is 0. The van der Waals surface area contributed by atoms with Gasteiger partial charge in [0.2, 0.25) is 5.91 Å². The zero-order chi connectivity index (χ0) is 17.4. The third-order valence-corrected chi connectivity index (χ3v) is 3.86. The number of carbonyl (C=O) groups excluding carboxylic acids is 1. The molecule has 0 fully saturated rings. The van der Waals surface area contributed by atoms with Gasteiger partial charge in [0.1, 0.15) is 5.75 Å². The standard InChI is InChI=1S/C20H26N2O2/c1-22(2)15-18-9-5-4-8-17(18)14-21-20(23)12-11-16-7-6-10-19(13-16)24-3/h4-10,13H,11-12,14-15H2,1-3H3,(H,21,23). The molecule has 2 rings (SSSR count). The van der Waals surface area contributed by atoms with Crippen LogP contribution in [0, 0.1) is 0 Å². The van der Waals surface area contributed by atoms with E-state index in [-0.39, 0.29) is 5.91 Å². The van der Waals surface area contributed by atoms with Gasteiger partial charge >= 0.3 is 0 Å². The Hall–Kier alpha value is -2.33. The maximum atomic E-state index is 12.1. The molecule has 2 aromatic rings. The first kappa shape index (κ1) is 18.0. The highest BCUT2D eigenvalue weighted by atomic mass is 16.5. The summed E-state index contributed by atoms with van der Waals surface area (Å²) in [6.07, 6.45) is 1.19. The molecule has 0 aliphatic heterocycles. The summed E-state index contributed by atoms with van der Waals surface area (Å²) in [7, 11) is 5.74. The van der Waals surface area contributed by atoms with Crippen LogP contribution in [0.25, 0.3) is 0 Å². The summed E-state index contributed by atoms with van der Waals surface area (Å²) < 4.78 is 5.21. The molecule has 0 aromatic heterocycles. The number of nitrogens with one attached hydrogen (secondary N) is 1. The van der Waals surface area contributed by atoms with Crippen LogP contribution in [0.15, 0.2) is 48.5 Å². The number of carbonyl (C=O) groups is 1. The molecular weight excluding hydrogens is 300 g/mol. The molecule has 1 N–H and O–H groups in total. The van der Waals surface area contributed by atoms with Crippen LogP contribution in [0.1, 0.15) is 23.1 Å². The smallest absolute Gasteiger partial charge is 0.220 e. The molecule has 0 aliphatic rings. The maximum absolute atomic E-state index is 12.1. The van der Waals surface area contributed by atoms with Gasteiger partial charge in [-0.05, 0) is 49.3 Å². The molecule has 0 heterocycles. The third kappa shape index (κ3) is 5.70. The number of nitrogens with zero attached hydrogens (tertiary/aromatic N) is 1. The van der Waals surface area contributed by atoms with Crippen LogP contribution in [0.4, 0.5) is 0 Å². The second-order valence-corrected chi connectivity index (χ2v) is 6.13. The molecule has 4 heteroatoms. The fourth-order valence-corrected chi connectivity index (χ4v) is 2.59. The van der Waals surface area contributed by atoms with E-state index < -0.39 is 0 Å². The molecule has 0 bridgehead atoms. The number of amides is 1. The maximum Gasteiger partial charge on any atom is 0.220 e. The highest BCUT2D eigenvalue weighted by Gasteiger charge is 2.06. The number of aryl methyl sites for hydroxylation is 1. The van der Waals surface area contributed by atoms with Gasteiger partial charge in [0.25, 0.3) is 0 Å². The number of hydrogen-bond acceptors (Lipinski definition) is 3. The first-order valence-electron chi connectivity index (χ1n) is 8.19. The molecule has 2 aromatic carbocycles. The zero-order valence-corrected chi connectivity index (χ0v) is 14.7. The highest BCUT2D eigenvalue weighted by Crippen LogP contribution is 2.14. The van der Waals surface area contributed by atoms with Gasteiger partial charge in [0, 0.05) is 19.5 Å². The molecule has 128 valence electrons. The summed E-state index contributed by atoms with van der Waals surface area (Å²) in [5, 5.41) is 3.02. The van der Waals surface area contributed by atoms with Crippen molar-refractivity contribution in [2.24, 2.45) is 0 Å². The molecule has 0 unspecified atom stereocenters. The van der Waals surface area contributed by atoms with Crippen molar-refractivity contribution >= 4 is 5.91 Å². The molecular formula is C20H26N2O2. The predicted molar refractivity (Wildman–Crippen MR) is 97.0 cm³/mol.